The molecule has 0 spiro atoms. The molecular formula is C14H12N2O2S. The first-order valence-electron chi connectivity index (χ1n) is 6.34. The van der Waals surface area contributed by atoms with Crippen molar-refractivity contribution in [2.24, 2.45) is 0 Å². The van der Waals surface area contributed by atoms with Crippen molar-refractivity contribution in [3.05, 3.63) is 38.7 Å². The Kier molecular flexibility index (Phi) is 2.20. The molecule has 0 atom stereocenters. The zero-order valence-electron chi connectivity index (χ0n) is 10.4. The SMILES string of the molecule is Cc1ccc(-c2nc3sc4c(c3c(=O)[nH]2)CCC4)o1. The van der Waals surface area contributed by atoms with E-state index in [1.54, 1.807) is 11.3 Å². The molecule has 19 heavy (non-hydrogen) atoms. The average Bonchev–Trinajstić information content (AvgIpc) is 3.02. The molecule has 1 N–H and O–H groups in total. The highest BCUT2D eigenvalue weighted by Gasteiger charge is 2.21. The summed E-state index contributed by atoms with van der Waals surface area (Å²) in [5.74, 6) is 1.95. The van der Waals surface area contributed by atoms with Crippen molar-refractivity contribution < 1.29 is 4.42 Å². The minimum atomic E-state index is -0.0477. The molecule has 1 aliphatic carbocycles. The van der Waals surface area contributed by atoms with Crippen LogP contribution in [0.5, 0.6) is 0 Å². The zero-order valence-corrected chi connectivity index (χ0v) is 11.3. The van der Waals surface area contributed by atoms with Crippen LogP contribution in [0.2, 0.25) is 0 Å². The van der Waals surface area contributed by atoms with Gasteiger partial charge >= 0.3 is 0 Å². The molecule has 4 nitrogen and oxygen atoms in total. The van der Waals surface area contributed by atoms with E-state index in [0.717, 1.165) is 35.2 Å². The van der Waals surface area contributed by atoms with Gasteiger partial charge in [0.1, 0.15) is 10.6 Å². The van der Waals surface area contributed by atoms with Gasteiger partial charge in [0, 0.05) is 4.88 Å². The fourth-order valence-corrected chi connectivity index (χ4v) is 3.94. The molecule has 0 saturated heterocycles. The summed E-state index contributed by atoms with van der Waals surface area (Å²) in [4.78, 5) is 21.8. The van der Waals surface area contributed by atoms with Gasteiger partial charge in [0.05, 0.1) is 5.39 Å². The molecule has 0 radical (unpaired) electrons. The quantitative estimate of drug-likeness (QED) is 0.740. The molecule has 5 heteroatoms. The van der Waals surface area contributed by atoms with Gasteiger partial charge in [-0.25, -0.2) is 4.98 Å². The number of fused-ring (bicyclic) bond motifs is 3. The number of rotatable bonds is 1. The maximum atomic E-state index is 12.3. The monoisotopic (exact) mass is 272 g/mol. The molecule has 1 aliphatic rings. The van der Waals surface area contributed by atoms with Crippen LogP contribution in [0, 0.1) is 6.92 Å². The van der Waals surface area contributed by atoms with Crippen LogP contribution in [0.4, 0.5) is 0 Å². The Morgan fingerprint density at radius 3 is 3.05 bits per heavy atom. The van der Waals surface area contributed by atoms with Gasteiger partial charge in [0.15, 0.2) is 11.6 Å². The Balaban J connectivity index is 1.99. The summed E-state index contributed by atoms with van der Waals surface area (Å²) in [5, 5.41) is 0.782. The van der Waals surface area contributed by atoms with Gasteiger partial charge in [-0.1, -0.05) is 0 Å². The first-order chi connectivity index (χ1) is 9.22. The predicted molar refractivity (Wildman–Crippen MR) is 74.7 cm³/mol. The van der Waals surface area contributed by atoms with E-state index in [1.807, 2.05) is 19.1 Å². The van der Waals surface area contributed by atoms with Gasteiger partial charge in [0.2, 0.25) is 0 Å². The van der Waals surface area contributed by atoms with Crippen LogP contribution in [0.3, 0.4) is 0 Å². The number of furan rings is 1. The lowest BCUT2D eigenvalue weighted by molar-refractivity contribution is 0.544. The predicted octanol–water partition coefficient (Wildman–Crippen LogP) is 3.04. The molecule has 0 bridgehead atoms. The van der Waals surface area contributed by atoms with Gasteiger partial charge in [-0.2, -0.15) is 0 Å². The van der Waals surface area contributed by atoms with Crippen LogP contribution in [0.1, 0.15) is 22.6 Å². The average molecular weight is 272 g/mol. The number of nitrogens with zero attached hydrogens (tertiary/aromatic N) is 1. The summed E-state index contributed by atoms with van der Waals surface area (Å²) in [6.45, 7) is 1.87. The molecule has 3 heterocycles. The van der Waals surface area contributed by atoms with Crippen LogP contribution in [0.15, 0.2) is 21.3 Å². The molecule has 0 fully saturated rings. The fourth-order valence-electron chi connectivity index (χ4n) is 2.68. The van der Waals surface area contributed by atoms with E-state index in [0.29, 0.717) is 11.6 Å². The summed E-state index contributed by atoms with van der Waals surface area (Å²) in [6, 6.07) is 3.70. The normalized spacial score (nSPS) is 14.2. The number of aromatic nitrogens is 2. The standard InChI is InChI=1S/C14H12N2O2S/c1-7-5-6-9(18-7)12-15-13(17)11-8-3-2-4-10(8)19-14(11)16-12/h5-6H,2-4H2,1H3,(H,15,16,17). The highest BCUT2D eigenvalue weighted by atomic mass is 32.1. The number of aromatic amines is 1. The van der Waals surface area contributed by atoms with Crippen LogP contribution in [0.25, 0.3) is 21.8 Å². The van der Waals surface area contributed by atoms with Crippen LogP contribution < -0.4 is 5.56 Å². The van der Waals surface area contributed by atoms with Crippen molar-refractivity contribution in [2.75, 3.05) is 0 Å². The highest BCUT2D eigenvalue weighted by molar-refractivity contribution is 7.18. The second kappa shape index (κ2) is 3.81. The molecule has 0 aromatic carbocycles. The van der Waals surface area contributed by atoms with Gasteiger partial charge in [-0.15, -0.1) is 11.3 Å². The lowest BCUT2D eigenvalue weighted by Crippen LogP contribution is -2.09. The summed E-state index contributed by atoms with van der Waals surface area (Å²) in [5.41, 5.74) is 1.16. The van der Waals surface area contributed by atoms with Gasteiger partial charge in [0.25, 0.3) is 5.56 Å². The molecular weight excluding hydrogens is 260 g/mol. The Hall–Kier alpha value is -1.88. The van der Waals surface area contributed by atoms with Gasteiger partial charge in [-0.05, 0) is 43.9 Å². The summed E-state index contributed by atoms with van der Waals surface area (Å²) in [6.07, 6.45) is 3.22. The van der Waals surface area contributed by atoms with Crippen molar-refractivity contribution in [2.45, 2.75) is 26.2 Å². The summed E-state index contributed by atoms with van der Waals surface area (Å²) < 4.78 is 5.52. The molecule has 0 unspecified atom stereocenters. The minimum Gasteiger partial charge on any atom is -0.458 e. The number of hydrogen-bond acceptors (Lipinski definition) is 4. The number of nitrogens with one attached hydrogen (secondary N) is 1. The number of H-pyrrole nitrogens is 1. The van der Waals surface area contributed by atoms with E-state index >= 15 is 0 Å². The van der Waals surface area contributed by atoms with E-state index in [-0.39, 0.29) is 5.56 Å². The van der Waals surface area contributed by atoms with E-state index < -0.39 is 0 Å². The Bertz CT molecular complexity index is 841. The topological polar surface area (TPSA) is 58.9 Å². The first-order valence-corrected chi connectivity index (χ1v) is 7.15. The van der Waals surface area contributed by atoms with E-state index in [4.69, 9.17) is 4.42 Å². The Labute approximate surface area is 113 Å². The van der Waals surface area contributed by atoms with E-state index in [1.165, 1.54) is 10.4 Å². The number of hydrogen-bond donors (Lipinski definition) is 1. The smallest absolute Gasteiger partial charge is 0.260 e. The van der Waals surface area contributed by atoms with E-state index in [9.17, 15) is 4.79 Å². The molecule has 3 aromatic rings. The van der Waals surface area contributed by atoms with Gasteiger partial charge < -0.3 is 9.40 Å². The highest BCUT2D eigenvalue weighted by Crippen LogP contribution is 2.35. The first kappa shape index (κ1) is 11.0. The summed E-state index contributed by atoms with van der Waals surface area (Å²) >= 11 is 1.64. The lowest BCUT2D eigenvalue weighted by atomic mass is 10.2. The van der Waals surface area contributed by atoms with Crippen molar-refractivity contribution in [3.8, 4) is 11.6 Å². The third kappa shape index (κ3) is 1.58. The Morgan fingerprint density at radius 2 is 2.26 bits per heavy atom. The molecule has 0 amide bonds. The third-order valence-electron chi connectivity index (χ3n) is 3.55. The largest absolute Gasteiger partial charge is 0.458 e. The molecule has 0 aliphatic heterocycles. The Morgan fingerprint density at radius 1 is 1.37 bits per heavy atom. The van der Waals surface area contributed by atoms with Crippen molar-refractivity contribution in [1.29, 1.82) is 0 Å². The maximum Gasteiger partial charge on any atom is 0.260 e. The lowest BCUT2D eigenvalue weighted by Gasteiger charge is -1.98. The zero-order chi connectivity index (χ0) is 13.0. The van der Waals surface area contributed by atoms with Crippen LogP contribution >= 0.6 is 11.3 Å². The minimum absolute atomic E-state index is 0.0477. The van der Waals surface area contributed by atoms with Crippen molar-refractivity contribution in [1.82, 2.24) is 9.97 Å². The maximum absolute atomic E-state index is 12.3. The van der Waals surface area contributed by atoms with Crippen LogP contribution in [-0.4, -0.2) is 9.97 Å². The number of aryl methyl sites for hydroxylation is 3. The molecule has 96 valence electrons. The molecule has 4 rings (SSSR count). The van der Waals surface area contributed by atoms with E-state index in [2.05, 4.69) is 9.97 Å². The van der Waals surface area contributed by atoms with Gasteiger partial charge in [-0.3, -0.25) is 4.79 Å². The molecule has 3 aromatic heterocycles. The second-order valence-electron chi connectivity index (χ2n) is 4.86. The summed E-state index contributed by atoms with van der Waals surface area (Å²) in [7, 11) is 0. The second-order valence-corrected chi connectivity index (χ2v) is 5.95. The molecule has 0 saturated carbocycles. The van der Waals surface area contributed by atoms with Crippen molar-refractivity contribution >= 4 is 21.6 Å². The third-order valence-corrected chi connectivity index (χ3v) is 4.73. The van der Waals surface area contributed by atoms with Crippen LogP contribution in [-0.2, 0) is 12.8 Å². The van der Waals surface area contributed by atoms with Crippen molar-refractivity contribution in [3.63, 3.8) is 0 Å². The fraction of sp³-hybridized carbons (Fsp3) is 0.286. The number of thiophene rings is 1.